The van der Waals surface area contributed by atoms with Crippen molar-refractivity contribution < 1.29 is 28.9 Å². The molecule has 3 atom stereocenters. The van der Waals surface area contributed by atoms with Gasteiger partial charge < -0.3 is 19.3 Å². The minimum atomic E-state index is -0.714. The maximum atomic E-state index is 11.8. The van der Waals surface area contributed by atoms with Crippen LogP contribution in [0.4, 0.5) is 0 Å². The first-order chi connectivity index (χ1) is 9.42. The summed E-state index contributed by atoms with van der Waals surface area (Å²) in [5, 5.41) is 10.3. The van der Waals surface area contributed by atoms with Gasteiger partial charge in [-0.05, 0) is 19.3 Å². The summed E-state index contributed by atoms with van der Waals surface area (Å²) in [7, 11) is 2.57. The lowest BCUT2D eigenvalue weighted by atomic mass is 9.76. The van der Waals surface area contributed by atoms with Gasteiger partial charge in [0.25, 0.3) is 0 Å². The highest BCUT2D eigenvalue weighted by molar-refractivity contribution is 5.92. The number of ether oxygens (including phenoxy) is 3. The second-order valence-electron chi connectivity index (χ2n) is 5.03. The first-order valence-corrected chi connectivity index (χ1v) is 6.39. The third-order valence-electron chi connectivity index (χ3n) is 3.88. The van der Waals surface area contributed by atoms with E-state index in [4.69, 9.17) is 9.47 Å². The lowest BCUT2D eigenvalue weighted by Gasteiger charge is -2.30. The van der Waals surface area contributed by atoms with Gasteiger partial charge >= 0.3 is 11.9 Å². The van der Waals surface area contributed by atoms with E-state index < -0.39 is 18.0 Å². The molecule has 110 valence electrons. The molecular formula is C14H18O6. The second kappa shape index (κ2) is 5.19. The zero-order valence-corrected chi connectivity index (χ0v) is 11.9. The largest absolute Gasteiger partial charge is 0.508 e. The van der Waals surface area contributed by atoms with Crippen molar-refractivity contribution in [3.05, 3.63) is 22.7 Å². The highest BCUT2D eigenvalue weighted by atomic mass is 16.5. The van der Waals surface area contributed by atoms with Crippen LogP contribution in [-0.4, -0.2) is 37.4 Å². The van der Waals surface area contributed by atoms with Crippen molar-refractivity contribution in [1.82, 2.24) is 0 Å². The van der Waals surface area contributed by atoms with Crippen molar-refractivity contribution in [3.8, 4) is 0 Å². The van der Waals surface area contributed by atoms with Crippen molar-refractivity contribution in [2.75, 3.05) is 14.2 Å². The molecule has 0 saturated carbocycles. The molecule has 0 saturated heterocycles. The first kappa shape index (κ1) is 14.4. The number of fused-ring (bicyclic) bond motifs is 1. The molecule has 1 N–H and O–H groups in total. The standard InChI is InChI=1S/C14H18O6/c1-6-5-8-10(14(17)19-4)7(2)20-12(8)11(15)9(6)13(16)18-3/h6,8,12,15H,5H2,1-4H3/t6?,8-,12-/m1/s1. The molecule has 2 aliphatic rings. The maximum absolute atomic E-state index is 11.8. The average Bonchev–Trinajstić information content (AvgIpc) is 2.74. The first-order valence-electron chi connectivity index (χ1n) is 6.39. The SMILES string of the molecule is COC(=O)C1=C(O)[C@@H]2OC(C)=C(C(=O)OC)[C@H]2CC1C. The van der Waals surface area contributed by atoms with E-state index >= 15 is 0 Å². The number of carbonyl (C=O) groups is 2. The number of carbonyl (C=O) groups excluding carboxylic acids is 2. The van der Waals surface area contributed by atoms with Gasteiger partial charge in [-0.3, -0.25) is 0 Å². The van der Waals surface area contributed by atoms with Gasteiger partial charge in [-0.2, -0.15) is 0 Å². The van der Waals surface area contributed by atoms with Crippen molar-refractivity contribution in [1.29, 1.82) is 0 Å². The average molecular weight is 282 g/mol. The van der Waals surface area contributed by atoms with E-state index in [0.717, 1.165) is 0 Å². The summed E-state index contributed by atoms with van der Waals surface area (Å²) in [6.45, 7) is 3.46. The molecular weight excluding hydrogens is 264 g/mol. The molecule has 20 heavy (non-hydrogen) atoms. The summed E-state index contributed by atoms with van der Waals surface area (Å²) in [4.78, 5) is 23.5. The molecule has 2 rings (SSSR count). The number of esters is 2. The van der Waals surface area contributed by atoms with E-state index in [1.165, 1.54) is 14.2 Å². The number of rotatable bonds is 2. The minimum Gasteiger partial charge on any atom is -0.508 e. The van der Waals surface area contributed by atoms with Crippen LogP contribution in [0, 0.1) is 11.8 Å². The topological polar surface area (TPSA) is 82.1 Å². The Morgan fingerprint density at radius 1 is 1.20 bits per heavy atom. The van der Waals surface area contributed by atoms with E-state index in [2.05, 4.69) is 4.74 Å². The Morgan fingerprint density at radius 2 is 1.75 bits per heavy atom. The van der Waals surface area contributed by atoms with Crippen LogP contribution in [0.15, 0.2) is 22.7 Å². The molecule has 1 aliphatic heterocycles. The smallest absolute Gasteiger partial charge is 0.337 e. The molecule has 0 aromatic carbocycles. The molecule has 1 unspecified atom stereocenters. The predicted molar refractivity (Wildman–Crippen MR) is 68.5 cm³/mol. The van der Waals surface area contributed by atoms with E-state index in [-0.39, 0.29) is 23.2 Å². The van der Waals surface area contributed by atoms with Gasteiger partial charge in [0.15, 0.2) is 6.10 Å². The van der Waals surface area contributed by atoms with E-state index in [1.54, 1.807) is 13.8 Å². The zero-order chi connectivity index (χ0) is 15.0. The number of aliphatic hydroxyl groups excluding tert-OH is 1. The summed E-state index contributed by atoms with van der Waals surface area (Å²) in [5.41, 5.74) is 0.646. The lowest BCUT2D eigenvalue weighted by Crippen LogP contribution is -2.34. The van der Waals surface area contributed by atoms with Crippen LogP contribution in [-0.2, 0) is 23.8 Å². The molecule has 0 aromatic heterocycles. The third kappa shape index (κ3) is 2.05. The summed E-state index contributed by atoms with van der Waals surface area (Å²) in [6.07, 6.45) is -0.199. The molecule has 0 fully saturated rings. The van der Waals surface area contributed by atoms with Crippen LogP contribution in [0.2, 0.25) is 0 Å². The van der Waals surface area contributed by atoms with Crippen molar-refractivity contribution in [2.45, 2.75) is 26.4 Å². The summed E-state index contributed by atoms with van der Waals surface area (Å²) >= 11 is 0. The molecule has 0 aromatic rings. The van der Waals surface area contributed by atoms with Gasteiger partial charge in [-0.1, -0.05) is 6.92 Å². The van der Waals surface area contributed by atoms with E-state index in [9.17, 15) is 14.7 Å². The number of methoxy groups -OCH3 is 2. The molecule has 1 heterocycles. The summed E-state index contributed by atoms with van der Waals surface area (Å²) < 4.78 is 15.0. The molecule has 6 nitrogen and oxygen atoms in total. The highest BCUT2D eigenvalue weighted by Gasteiger charge is 2.48. The van der Waals surface area contributed by atoms with Crippen LogP contribution < -0.4 is 0 Å². The van der Waals surface area contributed by atoms with Gasteiger partial charge in [0.05, 0.1) is 25.4 Å². The number of aliphatic hydroxyl groups is 1. The maximum Gasteiger partial charge on any atom is 0.337 e. The third-order valence-corrected chi connectivity index (χ3v) is 3.88. The monoisotopic (exact) mass is 282 g/mol. The molecule has 0 radical (unpaired) electrons. The van der Waals surface area contributed by atoms with Crippen LogP contribution in [0.1, 0.15) is 20.3 Å². The molecule has 0 bridgehead atoms. The minimum absolute atomic E-state index is 0.154. The molecule has 6 heteroatoms. The molecule has 0 spiro atoms. The Bertz CT molecular complexity index is 516. The van der Waals surface area contributed by atoms with Crippen LogP contribution in [0.5, 0.6) is 0 Å². The fourth-order valence-electron chi connectivity index (χ4n) is 2.96. The zero-order valence-electron chi connectivity index (χ0n) is 11.9. The van der Waals surface area contributed by atoms with Crippen LogP contribution in [0.25, 0.3) is 0 Å². The Hall–Kier alpha value is -1.98. The Morgan fingerprint density at radius 3 is 2.30 bits per heavy atom. The van der Waals surface area contributed by atoms with Gasteiger partial charge in [0, 0.05) is 5.92 Å². The fraction of sp³-hybridized carbons (Fsp3) is 0.571. The summed E-state index contributed by atoms with van der Waals surface area (Å²) in [6, 6.07) is 0. The van der Waals surface area contributed by atoms with Gasteiger partial charge in [0.2, 0.25) is 0 Å². The second-order valence-corrected chi connectivity index (χ2v) is 5.03. The van der Waals surface area contributed by atoms with Crippen molar-refractivity contribution >= 4 is 11.9 Å². The van der Waals surface area contributed by atoms with Gasteiger partial charge in [-0.15, -0.1) is 0 Å². The number of hydrogen-bond donors (Lipinski definition) is 1. The number of allylic oxidation sites excluding steroid dienone is 1. The van der Waals surface area contributed by atoms with E-state index in [1.807, 2.05) is 0 Å². The quantitative estimate of drug-likeness (QED) is 0.772. The Labute approximate surface area is 117 Å². The lowest BCUT2D eigenvalue weighted by molar-refractivity contribution is -0.137. The molecule has 0 amide bonds. The van der Waals surface area contributed by atoms with Gasteiger partial charge in [-0.25, -0.2) is 9.59 Å². The predicted octanol–water partition coefficient (Wildman–Crippen LogP) is 1.47. The normalized spacial score (nSPS) is 28.9. The fourth-order valence-corrected chi connectivity index (χ4v) is 2.96. The van der Waals surface area contributed by atoms with E-state index in [0.29, 0.717) is 17.8 Å². The Kier molecular flexibility index (Phi) is 3.74. The Balaban J connectivity index is 2.40. The highest BCUT2D eigenvalue weighted by Crippen LogP contribution is 2.45. The molecule has 1 aliphatic carbocycles. The van der Waals surface area contributed by atoms with Crippen molar-refractivity contribution in [2.24, 2.45) is 11.8 Å². The number of hydrogen-bond acceptors (Lipinski definition) is 6. The van der Waals surface area contributed by atoms with Crippen LogP contribution >= 0.6 is 0 Å². The van der Waals surface area contributed by atoms with Crippen molar-refractivity contribution in [3.63, 3.8) is 0 Å². The summed E-state index contributed by atoms with van der Waals surface area (Å²) in [5.74, 6) is -1.28. The van der Waals surface area contributed by atoms with Gasteiger partial charge in [0.1, 0.15) is 11.5 Å². The van der Waals surface area contributed by atoms with Crippen LogP contribution in [0.3, 0.4) is 0 Å².